The summed E-state index contributed by atoms with van der Waals surface area (Å²) < 4.78 is 13.9. The van der Waals surface area contributed by atoms with Crippen LogP contribution in [0.3, 0.4) is 0 Å². The number of fused-ring (bicyclic) bond motifs is 14. The number of rotatable bonds is 1. The van der Waals surface area contributed by atoms with Crippen molar-refractivity contribution in [2.75, 3.05) is 0 Å². The number of hydrogen-bond acceptors (Lipinski definition) is 2. The van der Waals surface area contributed by atoms with E-state index in [4.69, 9.17) is 39.8 Å². The summed E-state index contributed by atoms with van der Waals surface area (Å²) in [5.74, 6) is 0. The Kier molecular flexibility index (Phi) is 14.9. The molecule has 0 saturated carbocycles. The largest absolute Gasteiger partial charge is 0.456 e. The average Bonchev–Trinajstić information content (AvgIpc) is 3.86. The Bertz CT molecular complexity index is 2760. The molecule has 8 aromatic rings. The second-order valence-electron chi connectivity index (χ2n) is 14.3. The standard InChI is InChI=1S/C21H14BrClO.C21H15ClO.B2I3.B2I.V/c1-21(2)14-9-11(23)7-8-12(14)18-15(21)10-16(22)20-19(18)13-5-3-4-6-17(13)24-20;1-21(2)15-9-10-18-20(14-5-3-4-6-17(14)23-18)19(15)13-8-7-12(22)11-16(13)21;3-1-2(4)5;1-2-3;/h3-10H,1-2H3;3-11H,1-2H3;;;. The fraction of sp³-hybridized carbons (Fsp3) is 0.143. The van der Waals surface area contributed by atoms with Crippen molar-refractivity contribution in [2.24, 2.45) is 0 Å². The van der Waals surface area contributed by atoms with Crippen LogP contribution >= 0.6 is 129 Å². The van der Waals surface area contributed by atoms with Crippen molar-refractivity contribution in [3.8, 4) is 22.3 Å². The van der Waals surface area contributed by atoms with Gasteiger partial charge in [0.15, 0.2) is 5.03 Å². The Morgan fingerprint density at radius 1 is 0.625 bits per heavy atom. The zero-order valence-electron chi connectivity index (χ0n) is 30.5. The molecule has 10 rings (SSSR count). The number of hydrogen-bond donors (Lipinski definition) is 0. The third-order valence-corrected chi connectivity index (χ3v) is 15.7. The molecule has 0 bridgehead atoms. The first-order valence-electron chi connectivity index (χ1n) is 17.3. The third-order valence-electron chi connectivity index (χ3n) is 10.4. The predicted octanol–water partition coefficient (Wildman–Crippen LogP) is 15.9. The summed E-state index contributed by atoms with van der Waals surface area (Å²) in [6.45, 7) is 9.05. The van der Waals surface area contributed by atoms with E-state index in [9.17, 15) is 0 Å². The minimum Gasteiger partial charge on any atom is -0.456 e. The molecule has 0 N–H and O–H groups in total. The predicted molar refractivity (Wildman–Crippen MR) is 279 cm³/mol. The van der Waals surface area contributed by atoms with E-state index < -0.39 is 0 Å². The van der Waals surface area contributed by atoms with E-state index in [0.29, 0.717) is 2.32 Å². The molecule has 2 heterocycles. The molecule has 56 heavy (non-hydrogen) atoms. The molecule has 0 amide bonds. The Morgan fingerprint density at radius 2 is 1.09 bits per heavy atom. The average molecular weight is 1320 g/mol. The van der Waals surface area contributed by atoms with Gasteiger partial charge in [-0.05, 0) is 109 Å². The SMILES string of the molecule is CC1(C)c2cc(Cl)ccc2-c2c1cc(Br)c1oc3ccccc3c21.CC1(C)c2cc(Cl)ccc2-c2c1ccc1oc3ccccc3c21.I[B]B(I)I.[B][B]I.[V]. The van der Waals surface area contributed by atoms with Gasteiger partial charge in [0.2, 0.25) is 0 Å². The Hall–Kier alpha value is -0.256. The summed E-state index contributed by atoms with van der Waals surface area (Å²) in [5.41, 5.74) is 13.9. The molecule has 14 heteroatoms. The van der Waals surface area contributed by atoms with Crippen LogP contribution in [0.15, 0.2) is 116 Å². The Morgan fingerprint density at radius 3 is 1.62 bits per heavy atom. The first kappa shape index (κ1) is 45.3. The fourth-order valence-electron chi connectivity index (χ4n) is 8.04. The Labute approximate surface area is 414 Å². The molecule has 5 radical (unpaired) electrons. The molecule has 0 spiro atoms. The van der Waals surface area contributed by atoms with Gasteiger partial charge in [-0.25, -0.2) is 0 Å². The maximum Gasteiger partial charge on any atom is 0.262 e. The van der Waals surface area contributed by atoms with Crippen molar-refractivity contribution < 1.29 is 27.4 Å². The number of furan rings is 2. The van der Waals surface area contributed by atoms with Crippen molar-refractivity contribution >= 4 is 193 Å². The molecule has 0 atom stereocenters. The van der Waals surface area contributed by atoms with E-state index >= 15 is 0 Å². The number of halogens is 7. The van der Waals surface area contributed by atoms with Crippen molar-refractivity contribution in [2.45, 2.75) is 38.5 Å². The smallest absolute Gasteiger partial charge is 0.262 e. The molecule has 0 unspecified atom stereocenters. The Balaban J connectivity index is 0.000000158. The second kappa shape index (κ2) is 18.4. The van der Waals surface area contributed by atoms with Gasteiger partial charge in [-0.15, -0.1) is 44.7 Å². The minimum absolute atomic E-state index is 0. The molecule has 2 nitrogen and oxygen atoms in total. The van der Waals surface area contributed by atoms with Crippen LogP contribution in [-0.4, -0.2) is 20.1 Å². The minimum atomic E-state index is -0.0926. The van der Waals surface area contributed by atoms with Gasteiger partial charge < -0.3 is 8.83 Å². The van der Waals surface area contributed by atoms with Crippen molar-refractivity contribution in [1.29, 1.82) is 0 Å². The summed E-state index contributed by atoms with van der Waals surface area (Å²) in [4.78, 5) is 0. The number of benzene rings is 6. The zero-order valence-corrected chi connectivity index (χ0v) is 43.7. The molecule has 2 aliphatic rings. The van der Waals surface area contributed by atoms with E-state index in [-0.39, 0.29) is 29.4 Å². The van der Waals surface area contributed by atoms with Crippen LogP contribution in [0, 0.1) is 0 Å². The maximum atomic E-state index is 6.29. The van der Waals surface area contributed by atoms with Crippen LogP contribution in [0.5, 0.6) is 0 Å². The van der Waals surface area contributed by atoms with Crippen LogP contribution in [0.25, 0.3) is 66.1 Å². The normalized spacial score (nSPS) is 13.5. The second-order valence-corrected chi connectivity index (χ2v) is 22.5. The maximum absolute atomic E-state index is 6.29. The first-order chi connectivity index (χ1) is 26.2. The van der Waals surface area contributed by atoms with E-state index in [1.165, 1.54) is 65.7 Å². The monoisotopic (exact) mass is 1320 g/mol. The van der Waals surface area contributed by atoms with E-state index in [2.05, 4.69) is 183 Å². The van der Waals surface area contributed by atoms with E-state index in [1.54, 1.807) is 0 Å². The van der Waals surface area contributed by atoms with Crippen LogP contribution < -0.4 is 0 Å². The van der Waals surface area contributed by atoms with E-state index in [0.717, 1.165) is 42.2 Å². The zero-order chi connectivity index (χ0) is 39.4. The summed E-state index contributed by atoms with van der Waals surface area (Å²) in [6, 6.07) is 35.4. The summed E-state index contributed by atoms with van der Waals surface area (Å²) in [6.07, 6.45) is 0. The first-order valence-corrected chi connectivity index (χ1v) is 23.8. The van der Waals surface area contributed by atoms with Crippen LogP contribution in [0.2, 0.25) is 10.0 Å². The van der Waals surface area contributed by atoms with Gasteiger partial charge in [-0.2, -0.15) is 44.7 Å². The number of para-hydroxylation sites is 2. The van der Waals surface area contributed by atoms with Gasteiger partial charge in [0.1, 0.15) is 27.4 Å². The molecule has 2 aliphatic carbocycles. The van der Waals surface area contributed by atoms with Gasteiger partial charge in [0.25, 0.3) is 2.32 Å². The summed E-state index contributed by atoms with van der Waals surface area (Å²) in [5, 5.41) is 9.88. The topological polar surface area (TPSA) is 26.3 Å². The van der Waals surface area contributed by atoms with Crippen molar-refractivity contribution in [1.82, 2.24) is 0 Å². The van der Waals surface area contributed by atoms with Crippen molar-refractivity contribution in [3.05, 3.63) is 140 Å². The molecule has 0 aliphatic heterocycles. The molecular formula is C42H29B4BrCl2I4O2V. The molecule has 0 fully saturated rings. The van der Waals surface area contributed by atoms with Gasteiger partial charge in [0.05, 0.1) is 4.47 Å². The fourth-order valence-corrected chi connectivity index (χ4v) is 8.90. The quantitative estimate of drug-likeness (QED) is 0.121. The molecular weight excluding hydrogens is 1290 g/mol. The van der Waals surface area contributed by atoms with Crippen LogP contribution in [0.1, 0.15) is 49.9 Å². The van der Waals surface area contributed by atoms with Gasteiger partial charge in [0, 0.05) is 68.7 Å². The van der Waals surface area contributed by atoms with E-state index in [1.807, 2.05) is 58.8 Å². The van der Waals surface area contributed by atoms with Gasteiger partial charge >= 0.3 is 0 Å². The summed E-state index contributed by atoms with van der Waals surface area (Å²) >= 11 is 25.1. The summed E-state index contributed by atoms with van der Waals surface area (Å²) in [7, 11) is 4.71. The molecule has 275 valence electrons. The van der Waals surface area contributed by atoms with Crippen LogP contribution in [0.4, 0.5) is 0 Å². The van der Waals surface area contributed by atoms with Gasteiger partial charge in [-0.3, -0.25) is 0 Å². The molecule has 2 aromatic heterocycles. The molecule has 6 aromatic carbocycles. The van der Waals surface area contributed by atoms with Crippen molar-refractivity contribution in [3.63, 3.8) is 0 Å². The van der Waals surface area contributed by atoms with Gasteiger partial charge in [-0.1, -0.05) is 105 Å². The third kappa shape index (κ3) is 8.23. The van der Waals surface area contributed by atoms with Crippen LogP contribution in [-0.2, 0) is 29.4 Å². The molecule has 0 saturated heterocycles.